The summed E-state index contributed by atoms with van der Waals surface area (Å²) < 4.78 is 12.8. The maximum Gasteiger partial charge on any atom is 0.243 e. The molecule has 2 rings (SSSR count). The third-order valence-corrected chi connectivity index (χ3v) is 3.52. The number of anilines is 1. The van der Waals surface area contributed by atoms with E-state index in [0.717, 1.165) is 17.6 Å². The molecule has 2 aromatic heterocycles. The molecule has 2 heterocycles. The van der Waals surface area contributed by atoms with Crippen molar-refractivity contribution in [3.8, 4) is 0 Å². The van der Waals surface area contributed by atoms with Gasteiger partial charge in [0.2, 0.25) is 5.95 Å². The number of aryl methyl sites for hydroxylation is 1. The smallest absolute Gasteiger partial charge is 0.243 e. The van der Waals surface area contributed by atoms with Crippen LogP contribution in [0.1, 0.15) is 18.9 Å². The van der Waals surface area contributed by atoms with Crippen molar-refractivity contribution in [1.82, 2.24) is 14.6 Å². The van der Waals surface area contributed by atoms with E-state index in [2.05, 4.69) is 15.4 Å². The standard InChI is InChI=1S/C12H18N4OS/c1-9-4-6-16-11(8-9)14-12(15-16)13-10(2)5-7-18(3)17/h4,6,8,10H,5,7H2,1-3H3,(H,13,15). The Morgan fingerprint density at radius 1 is 1.56 bits per heavy atom. The molecule has 18 heavy (non-hydrogen) atoms. The van der Waals surface area contributed by atoms with E-state index in [1.807, 2.05) is 32.2 Å². The van der Waals surface area contributed by atoms with Gasteiger partial charge in [-0.05, 0) is 38.0 Å². The van der Waals surface area contributed by atoms with E-state index in [4.69, 9.17) is 0 Å². The minimum Gasteiger partial charge on any atom is -0.350 e. The van der Waals surface area contributed by atoms with Crippen molar-refractivity contribution in [2.24, 2.45) is 0 Å². The van der Waals surface area contributed by atoms with Gasteiger partial charge in [-0.2, -0.15) is 4.98 Å². The van der Waals surface area contributed by atoms with Gasteiger partial charge in [-0.25, -0.2) is 4.52 Å². The Morgan fingerprint density at radius 3 is 3.06 bits per heavy atom. The number of fused-ring (bicyclic) bond motifs is 1. The maximum absolute atomic E-state index is 11.0. The first-order valence-electron chi connectivity index (χ1n) is 5.94. The second-order valence-electron chi connectivity index (χ2n) is 4.55. The molecule has 0 saturated carbocycles. The molecule has 2 unspecified atom stereocenters. The zero-order chi connectivity index (χ0) is 13.1. The Kier molecular flexibility index (Phi) is 3.96. The largest absolute Gasteiger partial charge is 0.350 e. The molecule has 0 amide bonds. The summed E-state index contributed by atoms with van der Waals surface area (Å²) in [5, 5.41) is 7.57. The molecule has 98 valence electrons. The summed E-state index contributed by atoms with van der Waals surface area (Å²) in [6, 6.07) is 4.20. The predicted octanol–water partition coefficient (Wildman–Crippen LogP) is 1.61. The van der Waals surface area contributed by atoms with E-state index in [9.17, 15) is 4.21 Å². The number of hydrogen-bond acceptors (Lipinski definition) is 4. The Hall–Kier alpha value is -1.43. The molecule has 0 aromatic carbocycles. The zero-order valence-electron chi connectivity index (χ0n) is 10.9. The van der Waals surface area contributed by atoms with Crippen LogP contribution in [-0.2, 0) is 10.8 Å². The molecule has 0 saturated heterocycles. The van der Waals surface area contributed by atoms with Gasteiger partial charge in [0.25, 0.3) is 0 Å². The fourth-order valence-electron chi connectivity index (χ4n) is 1.68. The van der Waals surface area contributed by atoms with Gasteiger partial charge in [0, 0.05) is 35.0 Å². The average Bonchev–Trinajstić information content (AvgIpc) is 2.67. The van der Waals surface area contributed by atoms with E-state index >= 15 is 0 Å². The van der Waals surface area contributed by atoms with Crippen LogP contribution in [0.4, 0.5) is 5.95 Å². The van der Waals surface area contributed by atoms with Crippen molar-refractivity contribution in [1.29, 1.82) is 0 Å². The molecular formula is C12H18N4OS. The van der Waals surface area contributed by atoms with E-state index in [1.54, 1.807) is 10.8 Å². The van der Waals surface area contributed by atoms with Gasteiger partial charge in [-0.15, -0.1) is 5.10 Å². The van der Waals surface area contributed by atoms with Gasteiger partial charge in [-0.3, -0.25) is 4.21 Å². The molecule has 2 aromatic rings. The lowest BCUT2D eigenvalue weighted by atomic mass is 10.3. The third-order valence-electron chi connectivity index (χ3n) is 2.71. The van der Waals surface area contributed by atoms with Crippen molar-refractivity contribution in [3.05, 3.63) is 23.9 Å². The number of pyridine rings is 1. The number of nitrogens with zero attached hydrogens (tertiary/aromatic N) is 3. The van der Waals surface area contributed by atoms with Crippen LogP contribution in [0, 0.1) is 6.92 Å². The number of aromatic nitrogens is 3. The molecule has 0 fully saturated rings. The third kappa shape index (κ3) is 3.29. The molecular weight excluding hydrogens is 248 g/mol. The Balaban J connectivity index is 2.05. The van der Waals surface area contributed by atoms with Crippen LogP contribution in [0.2, 0.25) is 0 Å². The number of nitrogens with one attached hydrogen (secondary N) is 1. The first kappa shape index (κ1) is 13.0. The molecule has 0 aliphatic carbocycles. The van der Waals surface area contributed by atoms with Crippen molar-refractivity contribution < 1.29 is 4.21 Å². The second-order valence-corrected chi connectivity index (χ2v) is 6.11. The molecule has 5 nitrogen and oxygen atoms in total. The number of rotatable bonds is 5. The van der Waals surface area contributed by atoms with Crippen LogP contribution in [0.3, 0.4) is 0 Å². The van der Waals surface area contributed by atoms with Crippen LogP contribution < -0.4 is 5.32 Å². The first-order valence-corrected chi connectivity index (χ1v) is 7.67. The first-order chi connectivity index (χ1) is 8.54. The molecule has 0 spiro atoms. The van der Waals surface area contributed by atoms with Crippen molar-refractivity contribution >= 4 is 22.4 Å². The molecule has 0 aliphatic heterocycles. The highest BCUT2D eigenvalue weighted by atomic mass is 32.2. The summed E-state index contributed by atoms with van der Waals surface area (Å²) >= 11 is 0. The van der Waals surface area contributed by atoms with Crippen molar-refractivity contribution in [2.75, 3.05) is 17.3 Å². The van der Waals surface area contributed by atoms with Gasteiger partial charge in [0.15, 0.2) is 5.65 Å². The van der Waals surface area contributed by atoms with Gasteiger partial charge in [-0.1, -0.05) is 0 Å². The Morgan fingerprint density at radius 2 is 2.33 bits per heavy atom. The van der Waals surface area contributed by atoms with Gasteiger partial charge in [0.05, 0.1) is 0 Å². The van der Waals surface area contributed by atoms with Crippen LogP contribution in [-0.4, -0.2) is 36.9 Å². The van der Waals surface area contributed by atoms with E-state index in [-0.39, 0.29) is 6.04 Å². The molecule has 2 atom stereocenters. The second kappa shape index (κ2) is 5.48. The van der Waals surface area contributed by atoms with Gasteiger partial charge in [0.1, 0.15) is 0 Å². The fraction of sp³-hybridized carbons (Fsp3) is 0.500. The zero-order valence-corrected chi connectivity index (χ0v) is 11.7. The summed E-state index contributed by atoms with van der Waals surface area (Å²) in [5.41, 5.74) is 2.00. The maximum atomic E-state index is 11.0. The molecule has 6 heteroatoms. The lowest BCUT2D eigenvalue weighted by molar-refractivity contribution is 0.677. The highest BCUT2D eigenvalue weighted by Gasteiger charge is 2.08. The van der Waals surface area contributed by atoms with Crippen LogP contribution in [0.25, 0.3) is 5.65 Å². The van der Waals surface area contributed by atoms with Crippen molar-refractivity contribution in [2.45, 2.75) is 26.3 Å². The molecule has 0 aliphatic rings. The average molecular weight is 266 g/mol. The van der Waals surface area contributed by atoms with E-state index < -0.39 is 10.8 Å². The fourth-order valence-corrected chi connectivity index (χ4v) is 2.37. The quantitative estimate of drug-likeness (QED) is 0.893. The molecule has 0 radical (unpaired) electrons. The topological polar surface area (TPSA) is 59.3 Å². The number of hydrogen-bond donors (Lipinski definition) is 1. The van der Waals surface area contributed by atoms with Gasteiger partial charge >= 0.3 is 0 Å². The monoisotopic (exact) mass is 266 g/mol. The Bertz CT molecular complexity index is 566. The molecule has 1 N–H and O–H groups in total. The minimum absolute atomic E-state index is 0.215. The van der Waals surface area contributed by atoms with E-state index in [0.29, 0.717) is 11.7 Å². The predicted molar refractivity (Wildman–Crippen MR) is 74.4 cm³/mol. The summed E-state index contributed by atoms with van der Waals surface area (Å²) in [6.07, 6.45) is 4.46. The summed E-state index contributed by atoms with van der Waals surface area (Å²) in [4.78, 5) is 4.41. The van der Waals surface area contributed by atoms with Crippen molar-refractivity contribution in [3.63, 3.8) is 0 Å². The SMILES string of the molecule is Cc1ccn2nc(NC(C)CCS(C)=O)nc2c1. The molecule has 0 bridgehead atoms. The Labute approximate surface area is 109 Å². The highest BCUT2D eigenvalue weighted by molar-refractivity contribution is 7.84. The summed E-state index contributed by atoms with van der Waals surface area (Å²) in [5.74, 6) is 1.32. The van der Waals surface area contributed by atoms with Crippen LogP contribution >= 0.6 is 0 Å². The lowest BCUT2D eigenvalue weighted by Gasteiger charge is -2.10. The lowest BCUT2D eigenvalue weighted by Crippen LogP contribution is -2.18. The van der Waals surface area contributed by atoms with Gasteiger partial charge < -0.3 is 5.32 Å². The normalized spacial score (nSPS) is 14.6. The highest BCUT2D eigenvalue weighted by Crippen LogP contribution is 2.09. The van der Waals surface area contributed by atoms with Crippen LogP contribution in [0.5, 0.6) is 0 Å². The minimum atomic E-state index is -0.748. The van der Waals surface area contributed by atoms with Crippen LogP contribution in [0.15, 0.2) is 18.3 Å². The summed E-state index contributed by atoms with van der Waals surface area (Å²) in [7, 11) is -0.748. The van der Waals surface area contributed by atoms with E-state index in [1.165, 1.54) is 0 Å². The summed E-state index contributed by atoms with van der Waals surface area (Å²) in [6.45, 7) is 4.07.